The molecule has 1 atom stereocenters. The fraction of sp³-hybridized carbons (Fsp3) is 0.667. The number of carbonyl (C=O) groups is 2. The highest BCUT2D eigenvalue weighted by Gasteiger charge is 2.44. The lowest BCUT2D eigenvalue weighted by atomic mass is 9.94. The van der Waals surface area contributed by atoms with Crippen molar-refractivity contribution < 1.29 is 9.59 Å². The van der Waals surface area contributed by atoms with Crippen molar-refractivity contribution in [2.75, 3.05) is 0 Å². The number of rotatable bonds is 3. The predicted molar refractivity (Wildman–Crippen MR) is 111 cm³/mol. The van der Waals surface area contributed by atoms with E-state index in [1.807, 2.05) is 29.2 Å². The van der Waals surface area contributed by atoms with Crippen molar-refractivity contribution in [2.45, 2.75) is 102 Å². The van der Waals surface area contributed by atoms with Crippen LogP contribution in [-0.2, 0) is 4.79 Å². The third-order valence-electron chi connectivity index (χ3n) is 6.92. The van der Waals surface area contributed by atoms with E-state index in [1.54, 1.807) is 0 Å². The molecule has 0 saturated heterocycles. The van der Waals surface area contributed by atoms with Crippen molar-refractivity contribution in [1.82, 2.24) is 10.2 Å². The quantitative estimate of drug-likeness (QED) is 0.736. The van der Waals surface area contributed by atoms with Gasteiger partial charge >= 0.3 is 0 Å². The smallest absolute Gasteiger partial charge is 0.255 e. The number of benzene rings is 1. The first kappa shape index (κ1) is 19.5. The average molecular weight is 383 g/mol. The Hall–Kier alpha value is -1.84. The summed E-state index contributed by atoms with van der Waals surface area (Å²) in [5.74, 6) is 0.0921. The van der Waals surface area contributed by atoms with E-state index in [9.17, 15) is 9.59 Å². The Balaban J connectivity index is 1.58. The lowest BCUT2D eigenvalue weighted by Crippen LogP contribution is -2.47. The number of nitrogens with one attached hydrogen (secondary N) is 1. The Morgan fingerprint density at radius 3 is 2.07 bits per heavy atom. The molecule has 1 aromatic carbocycles. The Labute approximate surface area is 169 Å². The van der Waals surface area contributed by atoms with E-state index in [1.165, 1.54) is 44.9 Å². The van der Waals surface area contributed by atoms with Crippen molar-refractivity contribution in [3.63, 3.8) is 0 Å². The molecule has 0 bridgehead atoms. The van der Waals surface area contributed by atoms with E-state index < -0.39 is 6.04 Å². The summed E-state index contributed by atoms with van der Waals surface area (Å²) in [5, 5.41) is 3.33. The molecule has 4 heteroatoms. The van der Waals surface area contributed by atoms with Gasteiger partial charge in [0.15, 0.2) is 0 Å². The zero-order chi connectivity index (χ0) is 19.3. The van der Waals surface area contributed by atoms with Crippen molar-refractivity contribution in [3.05, 3.63) is 35.4 Å². The molecule has 1 heterocycles. The maximum absolute atomic E-state index is 13.4. The molecule has 0 unspecified atom stereocenters. The first-order chi connectivity index (χ1) is 13.8. The summed E-state index contributed by atoms with van der Waals surface area (Å²) in [6, 6.07) is 7.75. The highest BCUT2D eigenvalue weighted by Crippen LogP contribution is 2.38. The van der Waals surface area contributed by atoms with Gasteiger partial charge < -0.3 is 10.2 Å². The lowest BCUT2D eigenvalue weighted by molar-refractivity contribution is -0.127. The van der Waals surface area contributed by atoms with E-state index in [0.717, 1.165) is 49.7 Å². The van der Waals surface area contributed by atoms with Gasteiger partial charge in [0.1, 0.15) is 6.04 Å². The molecule has 2 fully saturated rings. The van der Waals surface area contributed by atoms with Crippen molar-refractivity contribution in [1.29, 1.82) is 0 Å². The summed E-state index contributed by atoms with van der Waals surface area (Å²) >= 11 is 0. The zero-order valence-electron chi connectivity index (χ0n) is 17.0. The second-order valence-electron chi connectivity index (χ2n) is 8.90. The number of nitrogens with zero attached hydrogens (tertiary/aromatic N) is 1. The number of hydrogen-bond acceptors (Lipinski definition) is 2. The molecule has 2 saturated carbocycles. The second kappa shape index (κ2) is 9.11. The van der Waals surface area contributed by atoms with Crippen molar-refractivity contribution >= 4 is 11.8 Å². The molecule has 0 radical (unpaired) electrons. The van der Waals surface area contributed by atoms with Gasteiger partial charge in [-0.1, -0.05) is 76.0 Å². The van der Waals surface area contributed by atoms with E-state index in [-0.39, 0.29) is 23.9 Å². The van der Waals surface area contributed by atoms with Crippen LogP contribution < -0.4 is 5.32 Å². The number of amides is 2. The summed E-state index contributed by atoms with van der Waals surface area (Å²) in [6.45, 7) is 0. The topological polar surface area (TPSA) is 49.4 Å². The van der Waals surface area contributed by atoms with Gasteiger partial charge in [-0.3, -0.25) is 9.59 Å². The molecule has 0 spiro atoms. The van der Waals surface area contributed by atoms with Gasteiger partial charge in [0.2, 0.25) is 5.91 Å². The van der Waals surface area contributed by atoms with Crippen LogP contribution in [0.1, 0.15) is 105 Å². The molecule has 3 aliphatic rings. The minimum absolute atomic E-state index is 0.0345. The van der Waals surface area contributed by atoms with Crippen LogP contribution in [0.2, 0.25) is 0 Å². The van der Waals surface area contributed by atoms with Gasteiger partial charge in [-0.2, -0.15) is 0 Å². The van der Waals surface area contributed by atoms with Gasteiger partial charge in [0, 0.05) is 17.6 Å². The van der Waals surface area contributed by atoms with Crippen LogP contribution in [0, 0.1) is 0 Å². The van der Waals surface area contributed by atoms with Gasteiger partial charge in [-0.05, 0) is 37.3 Å². The van der Waals surface area contributed by atoms with Crippen LogP contribution in [-0.4, -0.2) is 28.8 Å². The van der Waals surface area contributed by atoms with Gasteiger partial charge in [-0.25, -0.2) is 0 Å². The molecule has 28 heavy (non-hydrogen) atoms. The maximum Gasteiger partial charge on any atom is 0.255 e. The summed E-state index contributed by atoms with van der Waals surface area (Å²) < 4.78 is 0. The highest BCUT2D eigenvalue weighted by atomic mass is 16.2. The Bertz CT molecular complexity index is 686. The number of hydrogen-bond donors (Lipinski definition) is 1. The van der Waals surface area contributed by atoms with Crippen LogP contribution >= 0.6 is 0 Å². The fourth-order valence-electron chi connectivity index (χ4n) is 5.40. The molecule has 1 N–H and O–H groups in total. The van der Waals surface area contributed by atoms with Crippen LogP contribution in [0.4, 0.5) is 0 Å². The standard InChI is InChI=1S/C24H34N2O2/c27-23(25-18-12-6-4-5-7-13-18)22-20-16-10-11-17-21(20)24(28)26(22)19-14-8-2-1-3-9-15-19/h10-11,16-19,22H,1-9,12-15H2,(H,25,27)/t22-/m1/s1. The minimum atomic E-state index is -0.448. The predicted octanol–water partition coefficient (Wildman–Crippen LogP) is 5.14. The second-order valence-corrected chi connectivity index (χ2v) is 8.90. The Morgan fingerprint density at radius 2 is 1.39 bits per heavy atom. The summed E-state index contributed by atoms with van der Waals surface area (Å²) in [7, 11) is 0. The minimum Gasteiger partial charge on any atom is -0.351 e. The maximum atomic E-state index is 13.4. The van der Waals surface area contributed by atoms with Gasteiger partial charge in [-0.15, -0.1) is 0 Å². The summed E-state index contributed by atoms with van der Waals surface area (Å²) in [5.41, 5.74) is 1.63. The Kier molecular flexibility index (Phi) is 6.33. The highest BCUT2D eigenvalue weighted by molar-refractivity contribution is 6.04. The van der Waals surface area contributed by atoms with Crippen LogP contribution in [0.3, 0.4) is 0 Å². The van der Waals surface area contributed by atoms with E-state index in [2.05, 4.69) is 5.32 Å². The molecular formula is C24H34N2O2. The van der Waals surface area contributed by atoms with Crippen LogP contribution in [0.25, 0.3) is 0 Å². The SMILES string of the molecule is O=C(NC1CCCCCC1)[C@H]1c2ccccc2C(=O)N1C1CCCCCCC1. The molecule has 152 valence electrons. The first-order valence-electron chi connectivity index (χ1n) is 11.5. The molecule has 2 amide bonds. The molecule has 4 rings (SSSR count). The monoisotopic (exact) mass is 382 g/mol. The largest absolute Gasteiger partial charge is 0.351 e. The Morgan fingerprint density at radius 1 is 0.821 bits per heavy atom. The van der Waals surface area contributed by atoms with Gasteiger partial charge in [0.05, 0.1) is 0 Å². The third kappa shape index (κ3) is 4.11. The molecule has 0 aromatic heterocycles. The van der Waals surface area contributed by atoms with E-state index in [0.29, 0.717) is 0 Å². The average Bonchev–Trinajstić information content (AvgIpc) is 2.82. The zero-order valence-corrected chi connectivity index (χ0v) is 17.0. The van der Waals surface area contributed by atoms with Gasteiger partial charge in [0.25, 0.3) is 5.91 Å². The number of fused-ring (bicyclic) bond motifs is 1. The molecular weight excluding hydrogens is 348 g/mol. The molecule has 1 aromatic rings. The number of carbonyl (C=O) groups excluding carboxylic acids is 2. The van der Waals surface area contributed by atoms with Crippen molar-refractivity contribution in [2.24, 2.45) is 0 Å². The first-order valence-corrected chi connectivity index (χ1v) is 11.5. The van der Waals surface area contributed by atoms with Crippen molar-refractivity contribution in [3.8, 4) is 0 Å². The summed E-state index contributed by atoms with van der Waals surface area (Å²) in [6.07, 6.45) is 15.2. The van der Waals surface area contributed by atoms with E-state index >= 15 is 0 Å². The molecule has 4 nitrogen and oxygen atoms in total. The van der Waals surface area contributed by atoms with E-state index in [4.69, 9.17) is 0 Å². The normalized spacial score (nSPS) is 24.9. The van der Waals surface area contributed by atoms with Crippen LogP contribution in [0.15, 0.2) is 24.3 Å². The third-order valence-corrected chi connectivity index (χ3v) is 6.92. The molecule has 2 aliphatic carbocycles. The molecule has 1 aliphatic heterocycles. The lowest BCUT2D eigenvalue weighted by Gasteiger charge is -2.34. The summed E-state index contributed by atoms with van der Waals surface area (Å²) in [4.78, 5) is 28.7. The van der Waals surface area contributed by atoms with Crippen LogP contribution in [0.5, 0.6) is 0 Å². The fourth-order valence-corrected chi connectivity index (χ4v) is 5.40.